The number of imidazole rings is 1. The highest BCUT2D eigenvalue weighted by Gasteiger charge is 2.19. The Bertz CT molecular complexity index is 830. The Balaban J connectivity index is 1.27. The van der Waals surface area contributed by atoms with E-state index < -0.39 is 6.10 Å². The molecule has 26 heavy (non-hydrogen) atoms. The number of hydrogen-bond donors (Lipinski definition) is 1. The topological polar surface area (TPSA) is 50.5 Å². The van der Waals surface area contributed by atoms with Crippen molar-refractivity contribution >= 4 is 0 Å². The monoisotopic (exact) mass is 349 g/mol. The first kappa shape index (κ1) is 16.8. The molecule has 5 heteroatoms. The average Bonchev–Trinajstić information content (AvgIpc) is 3.15. The van der Waals surface area contributed by atoms with Crippen molar-refractivity contribution in [2.45, 2.75) is 19.2 Å². The van der Waals surface area contributed by atoms with Gasteiger partial charge in [-0.3, -0.25) is 4.90 Å². The van der Waals surface area contributed by atoms with Gasteiger partial charge in [0.2, 0.25) is 0 Å². The highest BCUT2D eigenvalue weighted by Crippen LogP contribution is 2.22. The molecule has 1 atom stereocenters. The Morgan fingerprint density at radius 3 is 2.58 bits per heavy atom. The molecule has 1 N–H and O–H groups in total. The number of ether oxygens (including phenoxy) is 1. The molecule has 0 saturated heterocycles. The maximum absolute atomic E-state index is 10.3. The fraction of sp³-hybridized carbons (Fsp3) is 0.286. The van der Waals surface area contributed by atoms with Crippen LogP contribution in [0.2, 0.25) is 0 Å². The van der Waals surface area contributed by atoms with Crippen molar-refractivity contribution in [2.75, 3.05) is 19.7 Å². The molecule has 1 aliphatic heterocycles. The van der Waals surface area contributed by atoms with Crippen molar-refractivity contribution in [3.05, 3.63) is 72.8 Å². The van der Waals surface area contributed by atoms with Crippen LogP contribution in [-0.2, 0) is 13.1 Å². The van der Waals surface area contributed by atoms with Crippen molar-refractivity contribution in [3.63, 3.8) is 0 Å². The number of benzene rings is 2. The minimum Gasteiger partial charge on any atom is -0.491 e. The van der Waals surface area contributed by atoms with Crippen LogP contribution in [0.1, 0.15) is 5.82 Å². The van der Waals surface area contributed by atoms with Gasteiger partial charge in [0.05, 0.1) is 6.54 Å². The van der Waals surface area contributed by atoms with Crippen LogP contribution < -0.4 is 4.74 Å². The summed E-state index contributed by atoms with van der Waals surface area (Å²) < 4.78 is 7.92. The SMILES string of the molecule is OC(COc1ccc(-c2ccccc2)cc1)CN1CCn2ccnc2C1. The molecular weight excluding hydrogens is 326 g/mol. The third-order valence-electron chi connectivity index (χ3n) is 4.70. The van der Waals surface area contributed by atoms with Crippen LogP contribution in [0.4, 0.5) is 0 Å². The van der Waals surface area contributed by atoms with Crippen LogP contribution in [0.3, 0.4) is 0 Å². The van der Waals surface area contributed by atoms with Crippen molar-refractivity contribution in [1.29, 1.82) is 0 Å². The van der Waals surface area contributed by atoms with Gasteiger partial charge in [0.15, 0.2) is 0 Å². The van der Waals surface area contributed by atoms with Gasteiger partial charge in [0.1, 0.15) is 24.3 Å². The summed E-state index contributed by atoms with van der Waals surface area (Å²) in [5.41, 5.74) is 2.34. The molecule has 1 aromatic heterocycles. The molecule has 2 heterocycles. The number of hydrogen-bond acceptors (Lipinski definition) is 4. The molecule has 0 amide bonds. The third kappa shape index (κ3) is 3.95. The van der Waals surface area contributed by atoms with Crippen LogP contribution in [-0.4, -0.2) is 45.4 Å². The molecule has 1 aliphatic rings. The summed E-state index contributed by atoms with van der Waals surface area (Å²) in [4.78, 5) is 6.57. The molecule has 134 valence electrons. The highest BCUT2D eigenvalue weighted by atomic mass is 16.5. The first-order valence-electron chi connectivity index (χ1n) is 8.96. The van der Waals surface area contributed by atoms with Crippen LogP contribution >= 0.6 is 0 Å². The Kier molecular flexibility index (Phi) is 5.00. The predicted octanol–water partition coefficient (Wildman–Crippen LogP) is 2.81. The molecule has 0 radical (unpaired) electrons. The molecule has 4 rings (SSSR count). The minimum atomic E-state index is -0.523. The lowest BCUT2D eigenvalue weighted by Crippen LogP contribution is -2.40. The summed E-state index contributed by atoms with van der Waals surface area (Å²) in [6.07, 6.45) is 3.31. The lowest BCUT2D eigenvalue weighted by atomic mass is 10.1. The molecule has 0 spiro atoms. The average molecular weight is 349 g/mol. The summed E-state index contributed by atoms with van der Waals surface area (Å²) in [7, 11) is 0. The van der Waals surface area contributed by atoms with Gasteiger partial charge in [-0.1, -0.05) is 42.5 Å². The number of rotatable bonds is 6. The van der Waals surface area contributed by atoms with Crippen LogP contribution in [0.25, 0.3) is 11.1 Å². The first-order valence-corrected chi connectivity index (χ1v) is 8.96. The van der Waals surface area contributed by atoms with Gasteiger partial charge < -0.3 is 14.4 Å². The zero-order valence-corrected chi connectivity index (χ0v) is 14.7. The van der Waals surface area contributed by atoms with E-state index in [1.54, 1.807) is 0 Å². The van der Waals surface area contributed by atoms with E-state index in [9.17, 15) is 5.11 Å². The zero-order chi connectivity index (χ0) is 17.8. The smallest absolute Gasteiger partial charge is 0.122 e. The van der Waals surface area contributed by atoms with Gasteiger partial charge in [-0.05, 0) is 23.3 Å². The Labute approximate surface area is 153 Å². The summed E-state index contributed by atoms with van der Waals surface area (Å²) in [5, 5.41) is 10.3. The highest BCUT2D eigenvalue weighted by molar-refractivity contribution is 5.63. The lowest BCUT2D eigenvalue weighted by molar-refractivity contribution is 0.0583. The fourth-order valence-electron chi connectivity index (χ4n) is 3.30. The van der Waals surface area contributed by atoms with Gasteiger partial charge in [-0.25, -0.2) is 4.98 Å². The molecule has 5 nitrogen and oxygen atoms in total. The molecule has 2 aromatic carbocycles. The quantitative estimate of drug-likeness (QED) is 0.743. The fourth-order valence-corrected chi connectivity index (χ4v) is 3.30. The van der Waals surface area contributed by atoms with Crippen molar-refractivity contribution < 1.29 is 9.84 Å². The molecule has 3 aromatic rings. The summed E-state index contributed by atoms with van der Waals surface area (Å²) in [5.74, 6) is 1.83. The van der Waals surface area contributed by atoms with E-state index in [1.807, 2.05) is 54.9 Å². The van der Waals surface area contributed by atoms with Gasteiger partial charge in [0.25, 0.3) is 0 Å². The molecule has 0 aliphatic carbocycles. The van der Waals surface area contributed by atoms with E-state index in [1.165, 1.54) is 5.56 Å². The number of β-amino-alcohol motifs (C(OH)–C–C–N with tert-alkyl or cyclic N) is 1. The number of fused-ring (bicyclic) bond motifs is 1. The second kappa shape index (κ2) is 7.72. The van der Waals surface area contributed by atoms with Crippen molar-refractivity contribution in [3.8, 4) is 16.9 Å². The number of aliphatic hydroxyl groups excluding tert-OH is 1. The van der Waals surface area contributed by atoms with E-state index in [0.717, 1.165) is 36.8 Å². The van der Waals surface area contributed by atoms with Gasteiger partial charge in [0, 0.05) is 32.0 Å². The number of aliphatic hydroxyl groups is 1. The normalized spacial score (nSPS) is 15.4. The maximum atomic E-state index is 10.3. The zero-order valence-electron chi connectivity index (χ0n) is 14.7. The largest absolute Gasteiger partial charge is 0.491 e. The Hall–Kier alpha value is -2.63. The number of aromatic nitrogens is 2. The lowest BCUT2D eigenvalue weighted by Gasteiger charge is -2.29. The summed E-state index contributed by atoms with van der Waals surface area (Å²) >= 11 is 0. The standard InChI is InChI=1S/C21H23N3O2/c25-19(14-23-12-13-24-11-10-22-21(24)15-23)16-26-20-8-6-18(7-9-20)17-4-2-1-3-5-17/h1-11,19,25H,12-16H2. The predicted molar refractivity (Wildman–Crippen MR) is 101 cm³/mol. The van der Waals surface area contributed by atoms with E-state index >= 15 is 0 Å². The minimum absolute atomic E-state index is 0.287. The van der Waals surface area contributed by atoms with Crippen LogP contribution in [0.5, 0.6) is 5.75 Å². The van der Waals surface area contributed by atoms with Gasteiger partial charge in [-0.15, -0.1) is 0 Å². The van der Waals surface area contributed by atoms with Crippen molar-refractivity contribution in [1.82, 2.24) is 14.5 Å². The van der Waals surface area contributed by atoms with Crippen LogP contribution in [0.15, 0.2) is 67.0 Å². The summed E-state index contributed by atoms with van der Waals surface area (Å²) in [6.45, 7) is 3.50. The second-order valence-corrected chi connectivity index (χ2v) is 6.63. The molecule has 0 bridgehead atoms. The molecule has 0 saturated carbocycles. The second-order valence-electron chi connectivity index (χ2n) is 6.63. The van der Waals surface area contributed by atoms with Crippen molar-refractivity contribution in [2.24, 2.45) is 0 Å². The molecule has 1 unspecified atom stereocenters. The number of nitrogens with zero attached hydrogens (tertiary/aromatic N) is 3. The third-order valence-corrected chi connectivity index (χ3v) is 4.70. The summed E-state index contributed by atoms with van der Waals surface area (Å²) in [6, 6.07) is 18.2. The van der Waals surface area contributed by atoms with E-state index in [0.29, 0.717) is 6.54 Å². The Morgan fingerprint density at radius 1 is 1.00 bits per heavy atom. The Morgan fingerprint density at radius 2 is 1.77 bits per heavy atom. The van der Waals surface area contributed by atoms with Gasteiger partial charge in [-0.2, -0.15) is 0 Å². The van der Waals surface area contributed by atoms with Gasteiger partial charge >= 0.3 is 0 Å². The van der Waals surface area contributed by atoms with E-state index in [-0.39, 0.29) is 6.61 Å². The maximum Gasteiger partial charge on any atom is 0.122 e. The molecular formula is C21H23N3O2. The first-order chi connectivity index (χ1) is 12.8. The van der Waals surface area contributed by atoms with Crippen LogP contribution in [0, 0.1) is 0 Å². The van der Waals surface area contributed by atoms with E-state index in [2.05, 4.69) is 26.6 Å². The van der Waals surface area contributed by atoms with E-state index in [4.69, 9.17) is 4.74 Å². The molecule has 0 fully saturated rings.